The van der Waals surface area contributed by atoms with Crippen LogP contribution in [0.1, 0.15) is 71.1 Å². The predicted molar refractivity (Wildman–Crippen MR) is 65.7 cm³/mol. The fourth-order valence-electron chi connectivity index (χ4n) is 3.79. The quantitative estimate of drug-likeness (QED) is 0.687. The maximum absolute atomic E-state index is 6.67. The molecule has 2 rings (SSSR count). The summed E-state index contributed by atoms with van der Waals surface area (Å²) in [6.07, 6.45) is 13.9. The summed E-state index contributed by atoms with van der Waals surface area (Å²) in [4.78, 5) is 0. The van der Waals surface area contributed by atoms with Gasteiger partial charge in [-0.25, -0.2) is 0 Å². The molecule has 0 radical (unpaired) electrons. The highest BCUT2D eigenvalue weighted by atomic mass is 14.8. The Kier molecular flexibility index (Phi) is 3.71. The molecular formula is C14H27N. The maximum atomic E-state index is 6.67. The van der Waals surface area contributed by atoms with Crippen molar-refractivity contribution in [3.05, 3.63) is 0 Å². The molecule has 88 valence electrons. The molecule has 0 heterocycles. The Hall–Kier alpha value is -0.0400. The highest BCUT2D eigenvalue weighted by Gasteiger charge is 2.40. The van der Waals surface area contributed by atoms with Crippen LogP contribution in [-0.2, 0) is 0 Å². The molecule has 1 nitrogen and oxygen atoms in total. The lowest BCUT2D eigenvalue weighted by Gasteiger charge is -2.34. The van der Waals surface area contributed by atoms with Gasteiger partial charge in [0.1, 0.15) is 0 Å². The average molecular weight is 209 g/mol. The van der Waals surface area contributed by atoms with Gasteiger partial charge in [-0.2, -0.15) is 0 Å². The lowest BCUT2D eigenvalue weighted by atomic mass is 9.78. The monoisotopic (exact) mass is 209 g/mol. The van der Waals surface area contributed by atoms with E-state index in [9.17, 15) is 0 Å². The second-order valence-corrected chi connectivity index (χ2v) is 5.94. The first-order chi connectivity index (χ1) is 7.24. The minimum atomic E-state index is 0.227. The highest BCUT2D eigenvalue weighted by Crippen LogP contribution is 2.43. The third kappa shape index (κ3) is 2.55. The van der Waals surface area contributed by atoms with Gasteiger partial charge in [-0.1, -0.05) is 39.0 Å². The van der Waals surface area contributed by atoms with Gasteiger partial charge in [0.2, 0.25) is 0 Å². The Morgan fingerprint density at radius 1 is 1.07 bits per heavy atom. The molecule has 0 amide bonds. The van der Waals surface area contributed by atoms with Gasteiger partial charge in [0, 0.05) is 5.54 Å². The average Bonchev–Trinajstić information content (AvgIpc) is 2.49. The van der Waals surface area contributed by atoms with Crippen molar-refractivity contribution in [2.45, 2.75) is 76.7 Å². The highest BCUT2D eigenvalue weighted by molar-refractivity contribution is 4.98. The largest absolute Gasteiger partial charge is 0.325 e. The first-order valence-electron chi connectivity index (χ1n) is 7.03. The number of hydrogen-bond acceptors (Lipinski definition) is 1. The van der Waals surface area contributed by atoms with E-state index in [0.29, 0.717) is 0 Å². The van der Waals surface area contributed by atoms with Crippen LogP contribution in [0, 0.1) is 11.8 Å². The molecule has 2 unspecified atom stereocenters. The zero-order valence-electron chi connectivity index (χ0n) is 10.3. The van der Waals surface area contributed by atoms with Gasteiger partial charge in [0.05, 0.1) is 0 Å². The first kappa shape index (κ1) is 11.4. The van der Waals surface area contributed by atoms with Crippen LogP contribution < -0.4 is 5.73 Å². The van der Waals surface area contributed by atoms with E-state index in [4.69, 9.17) is 5.73 Å². The van der Waals surface area contributed by atoms with Crippen LogP contribution in [0.5, 0.6) is 0 Å². The smallest absolute Gasteiger partial charge is 0.0185 e. The summed E-state index contributed by atoms with van der Waals surface area (Å²) >= 11 is 0. The molecule has 1 heteroatoms. The summed E-state index contributed by atoms with van der Waals surface area (Å²) < 4.78 is 0. The summed E-state index contributed by atoms with van der Waals surface area (Å²) in [5.41, 5.74) is 6.90. The van der Waals surface area contributed by atoms with Gasteiger partial charge in [0.15, 0.2) is 0 Å². The van der Waals surface area contributed by atoms with Gasteiger partial charge in [-0.3, -0.25) is 0 Å². The second-order valence-electron chi connectivity index (χ2n) is 5.94. The number of nitrogens with two attached hydrogens (primary N) is 1. The summed E-state index contributed by atoms with van der Waals surface area (Å²) in [5.74, 6) is 1.77. The van der Waals surface area contributed by atoms with Crippen LogP contribution >= 0.6 is 0 Å². The van der Waals surface area contributed by atoms with Crippen LogP contribution in [0.4, 0.5) is 0 Å². The van der Waals surface area contributed by atoms with E-state index in [-0.39, 0.29) is 5.54 Å². The van der Waals surface area contributed by atoms with Crippen molar-refractivity contribution in [2.75, 3.05) is 0 Å². The maximum Gasteiger partial charge on any atom is 0.0185 e. The zero-order chi connectivity index (χ0) is 10.7. The van der Waals surface area contributed by atoms with Crippen LogP contribution in [0.15, 0.2) is 0 Å². The molecule has 2 aliphatic rings. The van der Waals surface area contributed by atoms with Crippen molar-refractivity contribution in [3.8, 4) is 0 Å². The molecule has 2 N–H and O–H groups in total. The van der Waals surface area contributed by atoms with Gasteiger partial charge in [0.25, 0.3) is 0 Å². The Morgan fingerprint density at radius 2 is 1.73 bits per heavy atom. The summed E-state index contributed by atoms with van der Waals surface area (Å²) in [5, 5.41) is 0. The van der Waals surface area contributed by atoms with Crippen molar-refractivity contribution in [1.29, 1.82) is 0 Å². The Balaban J connectivity index is 1.95. The van der Waals surface area contributed by atoms with Crippen molar-refractivity contribution < 1.29 is 0 Å². The normalized spacial score (nSPS) is 39.2. The van der Waals surface area contributed by atoms with Gasteiger partial charge >= 0.3 is 0 Å². The third-order valence-corrected chi connectivity index (χ3v) is 4.93. The van der Waals surface area contributed by atoms with Crippen LogP contribution in [-0.4, -0.2) is 5.54 Å². The van der Waals surface area contributed by atoms with E-state index in [1.165, 1.54) is 64.2 Å². The van der Waals surface area contributed by atoms with Crippen LogP contribution in [0.2, 0.25) is 0 Å². The molecule has 0 aromatic carbocycles. The second kappa shape index (κ2) is 4.86. The molecule has 2 saturated carbocycles. The molecule has 0 bridgehead atoms. The van der Waals surface area contributed by atoms with Crippen molar-refractivity contribution in [1.82, 2.24) is 0 Å². The first-order valence-corrected chi connectivity index (χ1v) is 7.03. The zero-order valence-corrected chi connectivity index (χ0v) is 10.3. The van der Waals surface area contributed by atoms with E-state index in [1.807, 2.05) is 0 Å². The Bertz CT molecular complexity index is 194. The topological polar surface area (TPSA) is 26.0 Å². The number of hydrogen-bond donors (Lipinski definition) is 1. The lowest BCUT2D eigenvalue weighted by Crippen LogP contribution is -2.44. The van der Waals surface area contributed by atoms with E-state index in [0.717, 1.165) is 11.8 Å². The summed E-state index contributed by atoms with van der Waals surface area (Å²) in [6, 6.07) is 0. The van der Waals surface area contributed by atoms with Gasteiger partial charge in [-0.05, 0) is 43.9 Å². The molecule has 0 aromatic rings. The number of rotatable bonds is 2. The van der Waals surface area contributed by atoms with E-state index < -0.39 is 0 Å². The van der Waals surface area contributed by atoms with Gasteiger partial charge in [-0.15, -0.1) is 0 Å². The molecular weight excluding hydrogens is 182 g/mol. The predicted octanol–water partition coefficient (Wildman–Crippen LogP) is 3.86. The Labute approximate surface area is 94.8 Å². The van der Waals surface area contributed by atoms with Crippen molar-refractivity contribution in [3.63, 3.8) is 0 Å². The van der Waals surface area contributed by atoms with E-state index >= 15 is 0 Å². The summed E-state index contributed by atoms with van der Waals surface area (Å²) in [6.45, 7) is 2.32. The standard InChI is InChI=1S/C14H27N/c1-2-12-9-10-14(15,11-12)13-7-5-3-4-6-8-13/h12-13H,2-11,15H2,1H3. The van der Waals surface area contributed by atoms with E-state index in [2.05, 4.69) is 6.92 Å². The van der Waals surface area contributed by atoms with Crippen LogP contribution in [0.25, 0.3) is 0 Å². The minimum absolute atomic E-state index is 0.227. The molecule has 0 aliphatic heterocycles. The lowest BCUT2D eigenvalue weighted by molar-refractivity contribution is 0.240. The molecule has 2 atom stereocenters. The molecule has 2 fully saturated rings. The van der Waals surface area contributed by atoms with Crippen LogP contribution in [0.3, 0.4) is 0 Å². The third-order valence-electron chi connectivity index (χ3n) is 4.93. The summed E-state index contributed by atoms with van der Waals surface area (Å²) in [7, 11) is 0. The van der Waals surface area contributed by atoms with E-state index in [1.54, 1.807) is 0 Å². The molecule has 0 aromatic heterocycles. The fraction of sp³-hybridized carbons (Fsp3) is 1.00. The molecule has 0 spiro atoms. The van der Waals surface area contributed by atoms with Gasteiger partial charge < -0.3 is 5.73 Å². The molecule has 15 heavy (non-hydrogen) atoms. The van der Waals surface area contributed by atoms with Crippen molar-refractivity contribution >= 4 is 0 Å². The fourth-order valence-corrected chi connectivity index (χ4v) is 3.79. The Morgan fingerprint density at radius 3 is 2.27 bits per heavy atom. The minimum Gasteiger partial charge on any atom is -0.325 e. The molecule has 2 aliphatic carbocycles. The van der Waals surface area contributed by atoms with Crippen molar-refractivity contribution in [2.24, 2.45) is 17.6 Å². The molecule has 0 saturated heterocycles. The SMILES string of the molecule is CCC1CCC(N)(C2CCCCCC2)C1.